The van der Waals surface area contributed by atoms with E-state index in [1.165, 1.54) is 11.3 Å². The molecule has 4 rings (SSSR count). The van der Waals surface area contributed by atoms with Crippen molar-refractivity contribution in [1.82, 2.24) is 4.98 Å². The first-order chi connectivity index (χ1) is 14.0. The van der Waals surface area contributed by atoms with Gasteiger partial charge in [-0.15, -0.1) is 0 Å². The van der Waals surface area contributed by atoms with E-state index in [4.69, 9.17) is 9.15 Å². The molecule has 0 radical (unpaired) electrons. The van der Waals surface area contributed by atoms with Gasteiger partial charge in [-0.1, -0.05) is 39.4 Å². The van der Waals surface area contributed by atoms with Gasteiger partial charge in [-0.3, -0.25) is 9.69 Å². The van der Waals surface area contributed by atoms with E-state index in [1.54, 1.807) is 18.3 Å². The van der Waals surface area contributed by atoms with Crippen molar-refractivity contribution >= 4 is 48.5 Å². The van der Waals surface area contributed by atoms with Crippen LogP contribution in [0.1, 0.15) is 16.9 Å². The highest BCUT2D eigenvalue weighted by molar-refractivity contribution is 9.10. The van der Waals surface area contributed by atoms with Gasteiger partial charge in [-0.25, -0.2) is 4.98 Å². The van der Waals surface area contributed by atoms with E-state index in [0.717, 1.165) is 31.6 Å². The second-order valence-electron chi connectivity index (χ2n) is 6.65. The van der Waals surface area contributed by atoms with Crippen LogP contribution in [0.15, 0.2) is 63.7 Å². The number of anilines is 1. The third-order valence-electron chi connectivity index (χ3n) is 4.58. The van der Waals surface area contributed by atoms with Crippen molar-refractivity contribution in [3.8, 4) is 5.75 Å². The van der Waals surface area contributed by atoms with Crippen LogP contribution in [-0.4, -0.2) is 18.0 Å². The summed E-state index contributed by atoms with van der Waals surface area (Å²) in [5.41, 5.74) is 2.80. The molecule has 0 unspecified atom stereocenters. The van der Waals surface area contributed by atoms with Crippen LogP contribution in [0.25, 0.3) is 10.2 Å². The maximum atomic E-state index is 13.3. The zero-order chi connectivity index (χ0) is 20.4. The van der Waals surface area contributed by atoms with E-state index in [2.05, 4.69) is 20.9 Å². The second kappa shape index (κ2) is 8.39. The minimum Gasteiger partial charge on any atom is -0.496 e. The Morgan fingerprint density at radius 2 is 2.10 bits per heavy atom. The molecule has 2 aromatic carbocycles. The summed E-state index contributed by atoms with van der Waals surface area (Å²) in [5.74, 6) is 1.49. The Labute approximate surface area is 181 Å². The normalized spacial score (nSPS) is 11.0. The fourth-order valence-corrected chi connectivity index (χ4v) is 4.68. The first-order valence-electron chi connectivity index (χ1n) is 9.06. The number of carbonyl (C=O) groups is 1. The summed E-state index contributed by atoms with van der Waals surface area (Å²) in [7, 11) is 1.64. The number of benzene rings is 2. The van der Waals surface area contributed by atoms with Crippen LogP contribution >= 0.6 is 27.3 Å². The Morgan fingerprint density at radius 1 is 1.24 bits per heavy atom. The fraction of sp³-hybridized carbons (Fsp3) is 0.182. The molecular formula is C22H19BrN2O3S. The van der Waals surface area contributed by atoms with Gasteiger partial charge in [0.1, 0.15) is 11.5 Å². The highest BCUT2D eigenvalue weighted by Crippen LogP contribution is 2.32. The lowest BCUT2D eigenvalue weighted by molar-refractivity contribution is -0.118. The Hall–Kier alpha value is -2.64. The number of fused-ring (bicyclic) bond motifs is 1. The number of ether oxygens (including phenoxy) is 1. The minimum atomic E-state index is -0.0379. The molecule has 29 heavy (non-hydrogen) atoms. The number of halogens is 1. The molecule has 0 aliphatic heterocycles. The number of aryl methyl sites for hydroxylation is 1. The van der Waals surface area contributed by atoms with Crippen LogP contribution < -0.4 is 9.64 Å². The van der Waals surface area contributed by atoms with Gasteiger partial charge in [-0.05, 0) is 54.4 Å². The summed E-state index contributed by atoms with van der Waals surface area (Å²) in [6, 6.07) is 15.4. The lowest BCUT2D eigenvalue weighted by Crippen LogP contribution is -2.31. The fourth-order valence-electron chi connectivity index (χ4n) is 3.14. The van der Waals surface area contributed by atoms with Crippen LogP contribution in [0.4, 0.5) is 5.13 Å². The van der Waals surface area contributed by atoms with Gasteiger partial charge in [-0.2, -0.15) is 0 Å². The number of aromatic nitrogens is 1. The molecule has 5 nitrogen and oxygen atoms in total. The van der Waals surface area contributed by atoms with Gasteiger partial charge < -0.3 is 9.15 Å². The molecule has 0 aliphatic carbocycles. The number of thiazole rings is 1. The molecule has 4 aromatic rings. The van der Waals surface area contributed by atoms with Gasteiger partial charge in [0.05, 0.1) is 36.6 Å². The molecule has 2 aromatic heterocycles. The van der Waals surface area contributed by atoms with Gasteiger partial charge in [0.15, 0.2) is 5.13 Å². The van der Waals surface area contributed by atoms with E-state index in [-0.39, 0.29) is 12.3 Å². The first-order valence-corrected chi connectivity index (χ1v) is 10.7. The number of furan rings is 1. The van der Waals surface area contributed by atoms with Gasteiger partial charge >= 0.3 is 0 Å². The lowest BCUT2D eigenvalue weighted by atomic mass is 10.1. The highest BCUT2D eigenvalue weighted by Gasteiger charge is 2.22. The zero-order valence-electron chi connectivity index (χ0n) is 16.0. The van der Waals surface area contributed by atoms with Crippen LogP contribution in [-0.2, 0) is 17.8 Å². The summed E-state index contributed by atoms with van der Waals surface area (Å²) >= 11 is 4.98. The molecule has 1 amide bonds. The number of hydrogen-bond acceptors (Lipinski definition) is 5. The maximum Gasteiger partial charge on any atom is 0.233 e. The topological polar surface area (TPSA) is 55.6 Å². The lowest BCUT2D eigenvalue weighted by Gasteiger charge is -2.19. The highest BCUT2D eigenvalue weighted by atomic mass is 79.9. The van der Waals surface area contributed by atoms with E-state index >= 15 is 0 Å². The number of hydrogen-bond donors (Lipinski definition) is 0. The molecule has 2 heterocycles. The van der Waals surface area contributed by atoms with E-state index in [1.807, 2.05) is 55.5 Å². The summed E-state index contributed by atoms with van der Waals surface area (Å²) in [6.45, 7) is 2.31. The molecule has 0 saturated heterocycles. The zero-order valence-corrected chi connectivity index (χ0v) is 18.4. The number of methoxy groups -OCH3 is 1. The van der Waals surface area contributed by atoms with Gasteiger partial charge in [0.2, 0.25) is 5.91 Å². The third kappa shape index (κ3) is 4.36. The van der Waals surface area contributed by atoms with E-state index in [0.29, 0.717) is 17.4 Å². The van der Waals surface area contributed by atoms with Crippen molar-refractivity contribution in [2.24, 2.45) is 0 Å². The van der Waals surface area contributed by atoms with Crippen molar-refractivity contribution in [3.63, 3.8) is 0 Å². The molecule has 0 aliphatic rings. The van der Waals surface area contributed by atoms with Crippen molar-refractivity contribution in [2.75, 3.05) is 12.0 Å². The number of rotatable bonds is 6. The molecule has 0 saturated carbocycles. The molecule has 0 atom stereocenters. The molecular weight excluding hydrogens is 452 g/mol. The quantitative estimate of drug-likeness (QED) is 0.360. The Balaban J connectivity index is 1.65. The van der Waals surface area contributed by atoms with Crippen molar-refractivity contribution in [1.29, 1.82) is 0 Å². The number of nitrogens with zero attached hydrogens (tertiary/aromatic N) is 2. The van der Waals surface area contributed by atoms with Crippen molar-refractivity contribution in [3.05, 3.63) is 76.2 Å². The maximum absolute atomic E-state index is 13.3. The first kappa shape index (κ1) is 19.7. The largest absolute Gasteiger partial charge is 0.496 e. The smallest absolute Gasteiger partial charge is 0.233 e. The monoisotopic (exact) mass is 470 g/mol. The van der Waals surface area contributed by atoms with Crippen LogP contribution in [0, 0.1) is 6.92 Å². The minimum absolute atomic E-state index is 0.0379. The van der Waals surface area contributed by atoms with Gasteiger partial charge in [0, 0.05) is 4.47 Å². The number of carbonyl (C=O) groups excluding carboxylic acids is 1. The molecule has 0 spiro atoms. The van der Waals surface area contributed by atoms with E-state index < -0.39 is 0 Å². The molecule has 148 valence electrons. The summed E-state index contributed by atoms with van der Waals surface area (Å²) < 4.78 is 12.8. The Kier molecular flexibility index (Phi) is 5.69. The van der Waals surface area contributed by atoms with Crippen molar-refractivity contribution in [2.45, 2.75) is 19.9 Å². The average molecular weight is 471 g/mol. The summed E-state index contributed by atoms with van der Waals surface area (Å²) in [6.07, 6.45) is 1.88. The molecule has 0 N–H and O–H groups in total. The number of amides is 1. The summed E-state index contributed by atoms with van der Waals surface area (Å²) in [5, 5.41) is 0.657. The van der Waals surface area contributed by atoms with Crippen LogP contribution in [0.3, 0.4) is 0 Å². The van der Waals surface area contributed by atoms with Crippen LogP contribution in [0.5, 0.6) is 5.75 Å². The average Bonchev–Trinajstić information content (AvgIpc) is 3.35. The standard InChI is InChI=1S/C22H19BrN2O3S/c1-14-10-15(5-8-19(14)27-2)11-21(26)25(13-17-4-3-9-28-17)22-24-18-7-6-16(23)12-20(18)29-22/h3-10,12H,11,13H2,1-2H3. The Bertz CT molecular complexity index is 1150. The SMILES string of the molecule is COc1ccc(CC(=O)N(Cc2ccco2)c2nc3ccc(Br)cc3s2)cc1C. The van der Waals surface area contributed by atoms with E-state index in [9.17, 15) is 4.79 Å². The van der Waals surface area contributed by atoms with Crippen molar-refractivity contribution < 1.29 is 13.9 Å². The second-order valence-corrected chi connectivity index (χ2v) is 8.57. The third-order valence-corrected chi connectivity index (χ3v) is 6.11. The molecule has 0 fully saturated rings. The predicted octanol–water partition coefficient (Wildman–Crippen LogP) is 5.74. The Morgan fingerprint density at radius 3 is 2.83 bits per heavy atom. The molecule has 7 heteroatoms. The molecule has 0 bridgehead atoms. The summed E-state index contributed by atoms with van der Waals surface area (Å²) in [4.78, 5) is 19.6. The predicted molar refractivity (Wildman–Crippen MR) is 119 cm³/mol. The van der Waals surface area contributed by atoms with Crippen LogP contribution in [0.2, 0.25) is 0 Å². The van der Waals surface area contributed by atoms with Gasteiger partial charge in [0.25, 0.3) is 0 Å².